The van der Waals surface area contributed by atoms with E-state index in [4.69, 9.17) is 0 Å². The Balaban J connectivity index is 2.47. The van der Waals surface area contributed by atoms with Crippen LogP contribution in [-0.4, -0.2) is 9.55 Å². The molecule has 0 aliphatic carbocycles. The van der Waals surface area contributed by atoms with Gasteiger partial charge in [-0.3, -0.25) is 0 Å². The van der Waals surface area contributed by atoms with Crippen LogP contribution >= 0.6 is 0 Å². The van der Waals surface area contributed by atoms with E-state index >= 15 is 0 Å². The van der Waals surface area contributed by atoms with E-state index in [1.807, 2.05) is 19.3 Å². The number of hydrogen-bond donors (Lipinski definition) is 0. The smallest absolute Gasteiger partial charge is 0.110 e. The predicted molar refractivity (Wildman–Crippen MR) is 53.0 cm³/mol. The fraction of sp³-hybridized carbons (Fsp3) is 0.182. The van der Waals surface area contributed by atoms with E-state index in [0.29, 0.717) is 0 Å². The maximum atomic E-state index is 4.18. The van der Waals surface area contributed by atoms with Crippen molar-refractivity contribution in [2.45, 2.75) is 13.8 Å². The summed E-state index contributed by atoms with van der Waals surface area (Å²) in [6.45, 7) is 4.09. The van der Waals surface area contributed by atoms with E-state index in [9.17, 15) is 0 Å². The molecular weight excluding hydrogens is 160 g/mol. The number of aromatic nitrogens is 2. The first-order valence-corrected chi connectivity index (χ1v) is 4.34. The van der Waals surface area contributed by atoms with Gasteiger partial charge in [0.2, 0.25) is 0 Å². The SMILES string of the molecule is Cc1ccc(-n2ccnc2C)cc1. The second kappa shape index (κ2) is 3.05. The first kappa shape index (κ1) is 8.05. The zero-order valence-corrected chi connectivity index (χ0v) is 7.86. The Bertz CT molecular complexity index is 398. The van der Waals surface area contributed by atoms with Crippen molar-refractivity contribution in [3.8, 4) is 5.69 Å². The molecule has 0 bridgehead atoms. The average molecular weight is 172 g/mol. The molecule has 2 heteroatoms. The number of aryl methyl sites for hydroxylation is 2. The highest BCUT2D eigenvalue weighted by atomic mass is 15.1. The van der Waals surface area contributed by atoms with Crippen LogP contribution in [0.5, 0.6) is 0 Å². The van der Waals surface area contributed by atoms with Crippen LogP contribution in [-0.2, 0) is 0 Å². The van der Waals surface area contributed by atoms with E-state index < -0.39 is 0 Å². The van der Waals surface area contributed by atoms with Crippen molar-refractivity contribution in [1.29, 1.82) is 0 Å². The Morgan fingerprint density at radius 1 is 1.08 bits per heavy atom. The van der Waals surface area contributed by atoms with Crippen molar-refractivity contribution >= 4 is 0 Å². The van der Waals surface area contributed by atoms with Gasteiger partial charge in [0.15, 0.2) is 0 Å². The molecule has 0 saturated heterocycles. The summed E-state index contributed by atoms with van der Waals surface area (Å²) < 4.78 is 2.07. The molecule has 0 spiro atoms. The van der Waals surface area contributed by atoms with Crippen molar-refractivity contribution in [2.24, 2.45) is 0 Å². The Morgan fingerprint density at radius 2 is 1.77 bits per heavy atom. The first-order chi connectivity index (χ1) is 6.27. The number of benzene rings is 1. The summed E-state index contributed by atoms with van der Waals surface area (Å²) in [5.41, 5.74) is 2.45. The molecule has 0 atom stereocenters. The molecule has 0 amide bonds. The van der Waals surface area contributed by atoms with E-state index in [0.717, 1.165) is 5.82 Å². The lowest BCUT2D eigenvalue weighted by Gasteiger charge is -2.04. The van der Waals surface area contributed by atoms with Crippen LogP contribution in [0.15, 0.2) is 36.7 Å². The Morgan fingerprint density at radius 3 is 2.31 bits per heavy atom. The molecule has 2 rings (SSSR count). The van der Waals surface area contributed by atoms with Crippen LogP contribution < -0.4 is 0 Å². The Hall–Kier alpha value is -1.57. The molecule has 1 aromatic heterocycles. The van der Waals surface area contributed by atoms with Crippen LogP contribution in [0.3, 0.4) is 0 Å². The van der Waals surface area contributed by atoms with Gasteiger partial charge in [0, 0.05) is 18.1 Å². The third kappa shape index (κ3) is 1.47. The van der Waals surface area contributed by atoms with Gasteiger partial charge >= 0.3 is 0 Å². The Kier molecular flexibility index (Phi) is 1.89. The molecule has 0 aliphatic rings. The molecule has 0 fully saturated rings. The largest absolute Gasteiger partial charge is 0.304 e. The van der Waals surface area contributed by atoms with Crippen LogP contribution in [0, 0.1) is 13.8 Å². The molecule has 0 aliphatic heterocycles. The highest BCUT2D eigenvalue weighted by Gasteiger charge is 1.98. The van der Waals surface area contributed by atoms with E-state index in [1.54, 1.807) is 0 Å². The molecule has 0 radical (unpaired) electrons. The highest BCUT2D eigenvalue weighted by molar-refractivity contribution is 5.35. The van der Waals surface area contributed by atoms with Crippen molar-refractivity contribution in [3.63, 3.8) is 0 Å². The maximum Gasteiger partial charge on any atom is 0.110 e. The quantitative estimate of drug-likeness (QED) is 0.646. The summed E-state index contributed by atoms with van der Waals surface area (Å²) in [4.78, 5) is 4.18. The van der Waals surface area contributed by atoms with Gasteiger partial charge in [-0.25, -0.2) is 4.98 Å². The number of hydrogen-bond acceptors (Lipinski definition) is 1. The topological polar surface area (TPSA) is 17.8 Å². The van der Waals surface area contributed by atoms with Gasteiger partial charge in [-0.1, -0.05) is 17.7 Å². The number of nitrogens with zero attached hydrogens (tertiary/aromatic N) is 2. The van der Waals surface area contributed by atoms with Crippen LogP contribution in [0.1, 0.15) is 11.4 Å². The first-order valence-electron chi connectivity index (χ1n) is 4.34. The van der Waals surface area contributed by atoms with Crippen molar-refractivity contribution in [3.05, 3.63) is 48.0 Å². The second-order valence-electron chi connectivity index (χ2n) is 3.18. The van der Waals surface area contributed by atoms with Crippen LogP contribution in [0.2, 0.25) is 0 Å². The minimum absolute atomic E-state index is 1.02. The second-order valence-corrected chi connectivity index (χ2v) is 3.18. The predicted octanol–water partition coefficient (Wildman–Crippen LogP) is 2.49. The lowest BCUT2D eigenvalue weighted by molar-refractivity contribution is 0.974. The van der Waals surface area contributed by atoms with Crippen molar-refractivity contribution in [1.82, 2.24) is 9.55 Å². The standard InChI is InChI=1S/C11H12N2/c1-9-3-5-11(6-4-9)13-8-7-12-10(13)2/h3-8H,1-2H3. The normalized spacial score (nSPS) is 10.3. The fourth-order valence-electron chi connectivity index (χ4n) is 1.36. The van der Waals surface area contributed by atoms with E-state index in [1.165, 1.54) is 11.3 Å². The summed E-state index contributed by atoms with van der Waals surface area (Å²) in [5, 5.41) is 0. The van der Waals surface area contributed by atoms with Gasteiger partial charge in [-0.05, 0) is 26.0 Å². The average Bonchev–Trinajstić information content (AvgIpc) is 2.53. The van der Waals surface area contributed by atoms with Gasteiger partial charge < -0.3 is 4.57 Å². The highest BCUT2D eigenvalue weighted by Crippen LogP contribution is 2.10. The summed E-state index contributed by atoms with van der Waals surface area (Å²) in [6, 6.07) is 8.41. The molecule has 66 valence electrons. The molecule has 2 aromatic rings. The fourth-order valence-corrected chi connectivity index (χ4v) is 1.36. The summed E-state index contributed by atoms with van der Waals surface area (Å²) in [7, 11) is 0. The third-order valence-electron chi connectivity index (χ3n) is 2.14. The summed E-state index contributed by atoms with van der Waals surface area (Å²) in [5.74, 6) is 1.02. The van der Waals surface area contributed by atoms with Crippen LogP contribution in [0.4, 0.5) is 0 Å². The minimum atomic E-state index is 1.02. The number of rotatable bonds is 1. The molecule has 1 heterocycles. The van der Waals surface area contributed by atoms with E-state index in [2.05, 4.69) is 40.7 Å². The van der Waals surface area contributed by atoms with Crippen molar-refractivity contribution in [2.75, 3.05) is 0 Å². The van der Waals surface area contributed by atoms with Gasteiger partial charge in [-0.15, -0.1) is 0 Å². The van der Waals surface area contributed by atoms with Gasteiger partial charge in [0.25, 0.3) is 0 Å². The zero-order valence-electron chi connectivity index (χ0n) is 7.86. The zero-order chi connectivity index (χ0) is 9.26. The molecular formula is C11H12N2. The molecule has 0 unspecified atom stereocenters. The number of imidazole rings is 1. The molecule has 13 heavy (non-hydrogen) atoms. The Labute approximate surface area is 77.9 Å². The maximum absolute atomic E-state index is 4.18. The third-order valence-corrected chi connectivity index (χ3v) is 2.14. The lowest BCUT2D eigenvalue weighted by atomic mass is 10.2. The summed E-state index contributed by atoms with van der Waals surface area (Å²) in [6.07, 6.45) is 3.79. The van der Waals surface area contributed by atoms with E-state index in [-0.39, 0.29) is 0 Å². The van der Waals surface area contributed by atoms with Crippen LogP contribution in [0.25, 0.3) is 5.69 Å². The van der Waals surface area contributed by atoms with Gasteiger partial charge in [0.05, 0.1) is 0 Å². The minimum Gasteiger partial charge on any atom is -0.304 e. The monoisotopic (exact) mass is 172 g/mol. The lowest BCUT2D eigenvalue weighted by Crippen LogP contribution is -1.94. The van der Waals surface area contributed by atoms with Gasteiger partial charge in [0.1, 0.15) is 5.82 Å². The summed E-state index contributed by atoms with van der Waals surface area (Å²) >= 11 is 0. The molecule has 1 aromatic carbocycles. The molecule has 2 nitrogen and oxygen atoms in total. The molecule has 0 saturated carbocycles. The van der Waals surface area contributed by atoms with Gasteiger partial charge in [-0.2, -0.15) is 0 Å². The van der Waals surface area contributed by atoms with Crippen molar-refractivity contribution < 1.29 is 0 Å². The molecule has 0 N–H and O–H groups in total.